The van der Waals surface area contributed by atoms with Crippen molar-refractivity contribution in [2.75, 3.05) is 16.0 Å². The molecule has 0 aliphatic carbocycles. The van der Waals surface area contributed by atoms with Gasteiger partial charge < -0.3 is 30.9 Å². The van der Waals surface area contributed by atoms with Gasteiger partial charge in [0.25, 0.3) is 0 Å². The van der Waals surface area contributed by atoms with Gasteiger partial charge in [-0.2, -0.15) is 0 Å². The van der Waals surface area contributed by atoms with Gasteiger partial charge in [-0.1, -0.05) is 0 Å². The van der Waals surface area contributed by atoms with Crippen LogP contribution in [0.25, 0.3) is 21.5 Å². The van der Waals surface area contributed by atoms with Gasteiger partial charge in [-0.3, -0.25) is 24.9 Å². The SMILES string of the molecule is [Cu+2].c1cc2c(cn1)C1=Nc3[n-]c(c4ccncc34)NC3=NC(Nc4[n-]c(c5cnccc45)NC2=N1)c1cnccc13. The summed E-state index contributed by atoms with van der Waals surface area (Å²) in [7, 11) is 0. The maximum Gasteiger partial charge on any atom is 2.00 e. The van der Waals surface area contributed by atoms with Crippen molar-refractivity contribution in [2.45, 2.75) is 6.17 Å². The van der Waals surface area contributed by atoms with E-state index in [1.54, 1.807) is 43.4 Å². The third-order valence-electron chi connectivity index (χ3n) is 7.24. The first kappa shape index (κ1) is 23.5. The summed E-state index contributed by atoms with van der Waals surface area (Å²) in [6.45, 7) is 0. The van der Waals surface area contributed by atoms with Crippen molar-refractivity contribution in [1.82, 2.24) is 29.9 Å². The predicted octanol–water partition coefficient (Wildman–Crippen LogP) is 3.73. The van der Waals surface area contributed by atoms with Gasteiger partial charge in [0, 0.05) is 106 Å². The summed E-state index contributed by atoms with van der Waals surface area (Å²) < 4.78 is 0. The Kier molecular flexibility index (Phi) is 5.05. The molecule has 3 aliphatic heterocycles. The number of hydrogen-bond donors (Lipinski definition) is 3. The second-order valence-corrected chi connectivity index (χ2v) is 9.49. The third kappa shape index (κ3) is 3.50. The standard InChI is InChI=1S/C28H16N12.Cu/c1-5-29-9-17-13(1)21-33-22-14-2-6-31-11-19(14)27(35-22)40-28-20-12-32-8-4-16(20)24(39-28)38-26-18-10-30-7-3-15(18)23(37-26)36-25(17)34-21;/h1-12,25,36H,(H,33,34)(H,38,39,40);/q-2;+2. The first-order chi connectivity index (χ1) is 19.8. The molecule has 13 heteroatoms. The van der Waals surface area contributed by atoms with Gasteiger partial charge in [0.2, 0.25) is 0 Å². The third-order valence-corrected chi connectivity index (χ3v) is 7.24. The summed E-state index contributed by atoms with van der Waals surface area (Å²) in [6, 6.07) is 7.69. The van der Waals surface area contributed by atoms with E-state index in [0.717, 1.165) is 43.8 Å². The van der Waals surface area contributed by atoms with Gasteiger partial charge >= 0.3 is 17.1 Å². The molecule has 0 amide bonds. The molecule has 0 saturated heterocycles. The molecule has 12 nitrogen and oxygen atoms in total. The molecule has 0 aromatic carbocycles. The monoisotopic (exact) mass is 583 g/mol. The van der Waals surface area contributed by atoms with E-state index in [4.69, 9.17) is 24.9 Å². The number of nitrogens with zero attached hydrogens (tertiary/aromatic N) is 9. The van der Waals surface area contributed by atoms with Crippen molar-refractivity contribution in [3.63, 3.8) is 0 Å². The number of amidine groups is 3. The molecular formula is C28H16CuN12. The molecule has 1 unspecified atom stereocenters. The van der Waals surface area contributed by atoms with Crippen LogP contribution in [-0.2, 0) is 17.1 Å². The topological polar surface area (TPSA) is 153 Å². The Balaban J connectivity index is 0.00000256. The molecule has 0 saturated carbocycles. The summed E-state index contributed by atoms with van der Waals surface area (Å²) in [5.74, 6) is 4.20. The molecule has 1 atom stereocenters. The van der Waals surface area contributed by atoms with Crippen LogP contribution in [0.1, 0.15) is 28.4 Å². The van der Waals surface area contributed by atoms with Gasteiger partial charge in [0.15, 0.2) is 0 Å². The van der Waals surface area contributed by atoms with Crippen LogP contribution < -0.4 is 25.9 Å². The Hall–Kier alpha value is -5.39. The van der Waals surface area contributed by atoms with E-state index in [1.165, 1.54) is 0 Å². The number of fused-ring (bicyclic) bond motifs is 18. The van der Waals surface area contributed by atoms with Crippen molar-refractivity contribution in [1.29, 1.82) is 0 Å². The minimum atomic E-state index is -0.416. The van der Waals surface area contributed by atoms with Crippen LogP contribution >= 0.6 is 0 Å². The zero-order valence-electron chi connectivity index (χ0n) is 20.8. The van der Waals surface area contributed by atoms with E-state index in [1.807, 2.05) is 30.5 Å². The van der Waals surface area contributed by atoms with Crippen LogP contribution in [0.4, 0.5) is 23.3 Å². The molecule has 41 heavy (non-hydrogen) atoms. The fraction of sp³-hybridized carbons (Fsp3) is 0.0357. The average Bonchev–Trinajstić information content (AvgIpc) is 3.73. The van der Waals surface area contributed by atoms with Crippen LogP contribution in [0.2, 0.25) is 0 Å². The molecule has 0 spiro atoms. The van der Waals surface area contributed by atoms with E-state index < -0.39 is 6.17 Å². The summed E-state index contributed by atoms with van der Waals surface area (Å²) in [5.41, 5.74) is 3.51. The molecule has 6 aromatic heterocycles. The van der Waals surface area contributed by atoms with Crippen molar-refractivity contribution in [3.05, 3.63) is 96.1 Å². The predicted molar refractivity (Wildman–Crippen MR) is 151 cm³/mol. The molecule has 8 bridgehead atoms. The normalized spacial score (nSPS) is 16.4. The second kappa shape index (κ2) is 8.81. The fourth-order valence-corrected chi connectivity index (χ4v) is 5.37. The number of rotatable bonds is 0. The van der Waals surface area contributed by atoms with E-state index in [0.29, 0.717) is 40.8 Å². The number of pyridine rings is 4. The van der Waals surface area contributed by atoms with Crippen LogP contribution in [0.15, 0.2) is 88.8 Å². The summed E-state index contributed by atoms with van der Waals surface area (Å²) in [5, 5.41) is 13.8. The number of hydrogen-bond acceptors (Lipinski definition) is 10. The average molecular weight is 584 g/mol. The molecule has 1 radical (unpaired) electrons. The first-order valence-corrected chi connectivity index (χ1v) is 12.6. The van der Waals surface area contributed by atoms with Crippen molar-refractivity contribution in [2.24, 2.45) is 15.0 Å². The van der Waals surface area contributed by atoms with Crippen molar-refractivity contribution in [3.8, 4) is 0 Å². The van der Waals surface area contributed by atoms with Crippen molar-refractivity contribution < 1.29 is 17.1 Å². The van der Waals surface area contributed by atoms with Crippen LogP contribution in [0.5, 0.6) is 0 Å². The summed E-state index contributed by atoms with van der Waals surface area (Å²) in [6.07, 6.45) is 13.7. The Morgan fingerprint density at radius 3 is 2.15 bits per heavy atom. The van der Waals surface area contributed by atoms with Crippen LogP contribution in [0.3, 0.4) is 0 Å². The Morgan fingerprint density at radius 2 is 1.27 bits per heavy atom. The first-order valence-electron chi connectivity index (χ1n) is 12.6. The van der Waals surface area contributed by atoms with E-state index in [2.05, 4.69) is 35.9 Å². The zero-order chi connectivity index (χ0) is 26.2. The number of nitrogens with one attached hydrogen (secondary N) is 3. The minimum Gasteiger partial charge on any atom is -0.416 e. The van der Waals surface area contributed by atoms with Gasteiger partial charge in [-0.05, 0) is 35.0 Å². The molecule has 0 fully saturated rings. The van der Waals surface area contributed by atoms with E-state index in [9.17, 15) is 0 Å². The maximum absolute atomic E-state index is 4.99. The number of aromatic nitrogens is 6. The van der Waals surface area contributed by atoms with Crippen LogP contribution in [0, 0.1) is 0 Å². The van der Waals surface area contributed by atoms with Crippen molar-refractivity contribution >= 4 is 62.3 Å². The van der Waals surface area contributed by atoms with Gasteiger partial charge in [-0.25, -0.2) is 4.99 Å². The Bertz CT molecular complexity index is 2120. The quantitative estimate of drug-likeness (QED) is 0.227. The van der Waals surface area contributed by atoms with Gasteiger partial charge in [0.05, 0.1) is 17.5 Å². The maximum atomic E-state index is 4.99. The zero-order valence-corrected chi connectivity index (χ0v) is 21.8. The largest absolute Gasteiger partial charge is 2.00 e. The number of aliphatic imine (C=N–C) groups is 3. The second-order valence-electron chi connectivity index (χ2n) is 9.49. The molecule has 9 heterocycles. The minimum absolute atomic E-state index is 0. The molecule has 3 N–H and O–H groups in total. The van der Waals surface area contributed by atoms with Crippen LogP contribution in [-0.4, -0.2) is 37.4 Å². The Morgan fingerprint density at radius 1 is 0.585 bits per heavy atom. The smallest absolute Gasteiger partial charge is 0.416 e. The molecule has 199 valence electrons. The molecule has 3 aliphatic rings. The molecule has 9 rings (SSSR count). The summed E-state index contributed by atoms with van der Waals surface area (Å²) in [4.78, 5) is 41.9. The van der Waals surface area contributed by atoms with E-state index >= 15 is 0 Å². The molecular weight excluding hydrogens is 568 g/mol. The van der Waals surface area contributed by atoms with Gasteiger partial charge in [-0.15, -0.1) is 0 Å². The number of anilines is 3. The van der Waals surface area contributed by atoms with E-state index in [-0.39, 0.29) is 17.1 Å². The summed E-state index contributed by atoms with van der Waals surface area (Å²) >= 11 is 0. The Labute approximate surface area is 242 Å². The molecule has 6 aromatic rings. The van der Waals surface area contributed by atoms with Gasteiger partial charge in [0.1, 0.15) is 6.17 Å². The fourth-order valence-electron chi connectivity index (χ4n) is 5.37.